The number of benzene rings is 2. The van der Waals surface area contributed by atoms with Crippen molar-refractivity contribution in [3.8, 4) is 11.6 Å². The number of carboxylic acid groups (broad SMARTS) is 1. The maximum atomic E-state index is 13.2. The van der Waals surface area contributed by atoms with Gasteiger partial charge in [0, 0.05) is 12.1 Å². The number of hydrogen-bond acceptors (Lipinski definition) is 6. The van der Waals surface area contributed by atoms with Gasteiger partial charge in [0.1, 0.15) is 5.75 Å². The Morgan fingerprint density at radius 2 is 1.75 bits per heavy atom. The largest absolute Gasteiger partial charge is 0.477 e. The lowest BCUT2D eigenvalue weighted by Gasteiger charge is -2.13. The van der Waals surface area contributed by atoms with Crippen LogP contribution in [0.5, 0.6) is 11.6 Å². The van der Waals surface area contributed by atoms with Crippen LogP contribution in [-0.2, 0) is 6.54 Å². The van der Waals surface area contributed by atoms with E-state index in [0.717, 1.165) is 15.7 Å². The molecule has 36 heavy (non-hydrogen) atoms. The third kappa shape index (κ3) is 5.49. The molecule has 2 N–H and O–H groups in total. The van der Waals surface area contributed by atoms with Crippen LogP contribution in [0, 0.1) is 6.92 Å². The van der Waals surface area contributed by atoms with E-state index in [1.807, 2.05) is 31.2 Å². The van der Waals surface area contributed by atoms with Gasteiger partial charge in [0.05, 0.1) is 12.2 Å². The van der Waals surface area contributed by atoms with Crippen molar-refractivity contribution in [1.82, 2.24) is 19.1 Å². The van der Waals surface area contributed by atoms with E-state index in [2.05, 4.69) is 15.0 Å². The minimum Gasteiger partial charge on any atom is -0.477 e. The summed E-state index contributed by atoms with van der Waals surface area (Å²) < 4.78 is 8.22. The van der Waals surface area contributed by atoms with Crippen molar-refractivity contribution in [3.63, 3.8) is 0 Å². The SMILES string of the molecule is Cc1ccc(Cn2c(=O)n(C(C)C)c(=O)[nH]/c2=N\c2ccc(Oc3cccc(C(=O)O)n3)cc2)cc1. The number of aromatic amines is 1. The van der Waals surface area contributed by atoms with Gasteiger partial charge in [-0.3, -0.25) is 9.55 Å². The quantitative estimate of drug-likeness (QED) is 0.411. The van der Waals surface area contributed by atoms with E-state index >= 15 is 0 Å². The zero-order valence-corrected chi connectivity index (χ0v) is 20.0. The lowest BCUT2D eigenvalue weighted by atomic mass is 10.1. The maximum Gasteiger partial charge on any atom is 0.354 e. The molecule has 4 aromatic rings. The molecular weight excluding hydrogens is 462 g/mol. The van der Waals surface area contributed by atoms with Crippen LogP contribution in [0.15, 0.2) is 81.3 Å². The average Bonchev–Trinajstić information content (AvgIpc) is 2.84. The van der Waals surface area contributed by atoms with Gasteiger partial charge in [-0.15, -0.1) is 0 Å². The highest BCUT2D eigenvalue weighted by atomic mass is 16.5. The minimum absolute atomic E-state index is 0.118. The average molecular weight is 488 g/mol. The first-order valence-corrected chi connectivity index (χ1v) is 11.3. The van der Waals surface area contributed by atoms with Gasteiger partial charge in [-0.05, 0) is 56.7 Å². The first kappa shape index (κ1) is 24.4. The maximum absolute atomic E-state index is 13.2. The third-order valence-electron chi connectivity index (χ3n) is 5.34. The van der Waals surface area contributed by atoms with E-state index in [9.17, 15) is 14.4 Å². The molecule has 0 radical (unpaired) electrons. The highest BCUT2D eigenvalue weighted by molar-refractivity contribution is 5.85. The molecule has 0 spiro atoms. The molecular formula is C26H25N5O5. The number of ether oxygens (including phenoxy) is 1. The number of carbonyl (C=O) groups is 1. The number of nitrogens with one attached hydrogen (secondary N) is 1. The smallest absolute Gasteiger partial charge is 0.354 e. The normalized spacial score (nSPS) is 11.6. The molecule has 2 aromatic carbocycles. The van der Waals surface area contributed by atoms with Crippen molar-refractivity contribution in [2.24, 2.45) is 4.99 Å². The Bertz CT molecular complexity index is 1580. The second-order valence-corrected chi connectivity index (χ2v) is 8.45. The number of hydrogen-bond donors (Lipinski definition) is 2. The van der Waals surface area contributed by atoms with Crippen molar-refractivity contribution >= 4 is 11.7 Å². The van der Waals surface area contributed by atoms with Gasteiger partial charge in [0.25, 0.3) is 0 Å². The predicted molar refractivity (Wildman–Crippen MR) is 133 cm³/mol. The fraction of sp³-hybridized carbons (Fsp3) is 0.192. The number of aromatic carboxylic acids is 1. The molecule has 0 fully saturated rings. The number of H-pyrrole nitrogens is 1. The van der Waals surface area contributed by atoms with Gasteiger partial charge in [-0.25, -0.2) is 28.9 Å². The Kier molecular flexibility index (Phi) is 6.95. The summed E-state index contributed by atoms with van der Waals surface area (Å²) in [5.74, 6) is -0.598. The Labute approximate surface area is 205 Å². The van der Waals surface area contributed by atoms with E-state index in [4.69, 9.17) is 9.84 Å². The molecule has 0 atom stereocenters. The molecule has 4 rings (SSSR count). The fourth-order valence-corrected chi connectivity index (χ4v) is 3.52. The lowest BCUT2D eigenvalue weighted by molar-refractivity contribution is 0.0689. The molecule has 2 heterocycles. The summed E-state index contributed by atoms with van der Waals surface area (Å²) in [7, 11) is 0. The Morgan fingerprint density at radius 1 is 1.06 bits per heavy atom. The predicted octanol–water partition coefficient (Wildman–Crippen LogP) is 3.39. The molecule has 10 nitrogen and oxygen atoms in total. The van der Waals surface area contributed by atoms with Crippen molar-refractivity contribution in [3.05, 3.63) is 110 Å². The first-order valence-electron chi connectivity index (χ1n) is 11.3. The number of carboxylic acids is 1. The summed E-state index contributed by atoms with van der Waals surface area (Å²) >= 11 is 0. The van der Waals surface area contributed by atoms with Crippen LogP contribution in [0.2, 0.25) is 0 Å². The van der Waals surface area contributed by atoms with Crippen LogP contribution in [0.1, 0.15) is 41.5 Å². The topological polar surface area (TPSA) is 132 Å². The van der Waals surface area contributed by atoms with Crippen LogP contribution < -0.4 is 21.7 Å². The highest BCUT2D eigenvalue weighted by Gasteiger charge is 2.12. The van der Waals surface area contributed by atoms with E-state index in [-0.39, 0.29) is 29.8 Å². The summed E-state index contributed by atoms with van der Waals surface area (Å²) in [5, 5.41) is 9.08. The molecule has 0 unspecified atom stereocenters. The number of pyridine rings is 1. The van der Waals surface area contributed by atoms with Crippen molar-refractivity contribution < 1.29 is 14.6 Å². The van der Waals surface area contributed by atoms with E-state index < -0.39 is 17.3 Å². The molecule has 0 saturated heterocycles. The molecule has 0 aliphatic rings. The van der Waals surface area contributed by atoms with Gasteiger partial charge in [0.15, 0.2) is 5.69 Å². The van der Waals surface area contributed by atoms with Gasteiger partial charge in [0.2, 0.25) is 11.5 Å². The number of rotatable bonds is 7. The minimum atomic E-state index is -1.15. The van der Waals surface area contributed by atoms with E-state index in [1.54, 1.807) is 44.2 Å². The van der Waals surface area contributed by atoms with Crippen LogP contribution in [0.3, 0.4) is 0 Å². The summed E-state index contributed by atoms with van der Waals surface area (Å²) in [6.45, 7) is 5.75. The van der Waals surface area contributed by atoms with E-state index in [0.29, 0.717) is 11.4 Å². The number of aromatic nitrogens is 4. The zero-order valence-electron chi connectivity index (χ0n) is 20.0. The van der Waals surface area contributed by atoms with Gasteiger partial charge in [-0.1, -0.05) is 35.9 Å². The monoisotopic (exact) mass is 487 g/mol. The first-order chi connectivity index (χ1) is 17.2. The summed E-state index contributed by atoms with van der Waals surface area (Å²) in [5.41, 5.74) is 1.45. The standard InChI is InChI=1S/C26H25N5O5/c1-16(2)31-25(34)29-24(30(26(31)35)15-18-9-7-17(3)8-10-18)27-19-11-13-20(14-12-19)36-22-6-4-5-21(28-22)23(32)33/h4-14,16H,15H2,1-3H3,(H,32,33)(H,27,29,34). The summed E-state index contributed by atoms with van der Waals surface area (Å²) in [6, 6.07) is 18.5. The molecule has 184 valence electrons. The van der Waals surface area contributed by atoms with Crippen LogP contribution in [-0.4, -0.2) is 30.2 Å². The van der Waals surface area contributed by atoms with E-state index in [1.165, 1.54) is 16.7 Å². The summed E-state index contributed by atoms with van der Waals surface area (Å²) in [4.78, 5) is 48.1. The van der Waals surface area contributed by atoms with Crippen LogP contribution in [0.25, 0.3) is 0 Å². The molecule has 2 aromatic heterocycles. The van der Waals surface area contributed by atoms with Gasteiger partial charge in [-0.2, -0.15) is 0 Å². The number of aryl methyl sites for hydroxylation is 1. The van der Waals surface area contributed by atoms with Crippen molar-refractivity contribution in [2.45, 2.75) is 33.4 Å². The Hall–Kier alpha value is -4.73. The molecule has 0 saturated carbocycles. The van der Waals surface area contributed by atoms with Crippen molar-refractivity contribution in [1.29, 1.82) is 0 Å². The lowest BCUT2D eigenvalue weighted by Crippen LogP contribution is -2.50. The van der Waals surface area contributed by atoms with Crippen LogP contribution >= 0.6 is 0 Å². The zero-order chi connectivity index (χ0) is 25.8. The van der Waals surface area contributed by atoms with Gasteiger partial charge >= 0.3 is 17.3 Å². The Morgan fingerprint density at radius 3 is 2.39 bits per heavy atom. The number of nitrogens with zero attached hydrogens (tertiary/aromatic N) is 4. The third-order valence-corrected chi connectivity index (χ3v) is 5.34. The van der Waals surface area contributed by atoms with Crippen LogP contribution in [0.4, 0.5) is 5.69 Å². The molecule has 0 amide bonds. The Balaban J connectivity index is 1.71. The molecule has 0 aliphatic carbocycles. The fourth-order valence-electron chi connectivity index (χ4n) is 3.52. The second-order valence-electron chi connectivity index (χ2n) is 8.45. The molecule has 0 bridgehead atoms. The van der Waals surface area contributed by atoms with Crippen molar-refractivity contribution in [2.75, 3.05) is 0 Å². The summed E-state index contributed by atoms with van der Waals surface area (Å²) in [6.07, 6.45) is 0. The second kappa shape index (κ2) is 10.3. The molecule has 10 heteroatoms. The highest BCUT2D eigenvalue weighted by Crippen LogP contribution is 2.22. The van der Waals surface area contributed by atoms with Gasteiger partial charge < -0.3 is 9.84 Å². The molecule has 0 aliphatic heterocycles.